The van der Waals surface area contributed by atoms with Crippen molar-refractivity contribution in [3.63, 3.8) is 0 Å². The number of nitriles is 1. The maximum atomic E-state index is 11.9. The highest BCUT2D eigenvalue weighted by molar-refractivity contribution is 5.82. The van der Waals surface area contributed by atoms with E-state index in [0.29, 0.717) is 23.5 Å². The summed E-state index contributed by atoms with van der Waals surface area (Å²) in [6.45, 7) is -0.0348. The van der Waals surface area contributed by atoms with Crippen molar-refractivity contribution < 1.29 is 14.3 Å². The summed E-state index contributed by atoms with van der Waals surface area (Å²) >= 11 is 0. The zero-order chi connectivity index (χ0) is 15.1. The van der Waals surface area contributed by atoms with Gasteiger partial charge in [-0.2, -0.15) is 5.26 Å². The summed E-state index contributed by atoms with van der Waals surface area (Å²) in [5.74, 6) is 0.953. The molecule has 2 aromatic carbocycles. The van der Waals surface area contributed by atoms with Gasteiger partial charge >= 0.3 is 0 Å². The van der Waals surface area contributed by atoms with Crippen LogP contribution < -0.4 is 9.47 Å². The highest BCUT2D eigenvalue weighted by Gasteiger charge is 2.07. The summed E-state index contributed by atoms with van der Waals surface area (Å²) in [6.07, 6.45) is 0.329. The summed E-state index contributed by atoms with van der Waals surface area (Å²) in [5.41, 5.74) is 1.38. The van der Waals surface area contributed by atoms with E-state index in [4.69, 9.17) is 14.7 Å². The van der Waals surface area contributed by atoms with Crippen LogP contribution in [-0.2, 0) is 11.2 Å². The van der Waals surface area contributed by atoms with Crippen LogP contribution >= 0.6 is 0 Å². The molecular weight excluding hydrogens is 266 g/mol. The lowest BCUT2D eigenvalue weighted by Gasteiger charge is -2.08. The van der Waals surface area contributed by atoms with Crippen LogP contribution in [0, 0.1) is 11.3 Å². The second kappa shape index (κ2) is 7.11. The molecule has 0 saturated heterocycles. The van der Waals surface area contributed by atoms with Crippen molar-refractivity contribution in [3.05, 3.63) is 59.7 Å². The van der Waals surface area contributed by atoms with E-state index in [1.165, 1.54) is 7.11 Å². The van der Waals surface area contributed by atoms with E-state index < -0.39 is 0 Å². The van der Waals surface area contributed by atoms with Gasteiger partial charge in [-0.1, -0.05) is 30.3 Å². The Kier molecular flexibility index (Phi) is 4.94. The third-order valence-electron chi connectivity index (χ3n) is 2.89. The summed E-state index contributed by atoms with van der Waals surface area (Å²) in [4.78, 5) is 11.9. The second-order valence-electron chi connectivity index (χ2n) is 4.50. The summed E-state index contributed by atoms with van der Waals surface area (Å²) in [6, 6.07) is 16.4. The maximum Gasteiger partial charge on any atom is 0.174 e. The number of methoxy groups -OCH3 is 1. The first-order valence-electron chi connectivity index (χ1n) is 6.49. The van der Waals surface area contributed by atoms with Crippen LogP contribution in [0.2, 0.25) is 0 Å². The Hall–Kier alpha value is -2.80. The monoisotopic (exact) mass is 281 g/mol. The first-order chi connectivity index (χ1) is 10.2. The maximum absolute atomic E-state index is 11.9. The number of hydrogen-bond donors (Lipinski definition) is 0. The fourth-order valence-corrected chi connectivity index (χ4v) is 1.88. The van der Waals surface area contributed by atoms with Gasteiger partial charge in [0.05, 0.1) is 18.7 Å². The lowest BCUT2D eigenvalue weighted by Crippen LogP contribution is -2.13. The van der Waals surface area contributed by atoms with Gasteiger partial charge in [-0.05, 0) is 17.7 Å². The van der Waals surface area contributed by atoms with Crippen LogP contribution in [-0.4, -0.2) is 19.5 Å². The fourth-order valence-electron chi connectivity index (χ4n) is 1.88. The van der Waals surface area contributed by atoms with Crippen LogP contribution in [0.5, 0.6) is 11.5 Å². The minimum Gasteiger partial charge on any atom is -0.497 e. The lowest BCUT2D eigenvalue weighted by molar-refractivity contribution is -0.120. The number of benzene rings is 2. The SMILES string of the molecule is COc1cc(C#N)cc(OCC(=O)Cc2ccccc2)c1. The molecule has 0 spiro atoms. The molecule has 0 N–H and O–H groups in total. The van der Waals surface area contributed by atoms with E-state index in [-0.39, 0.29) is 12.4 Å². The number of rotatable bonds is 6. The molecule has 0 aromatic heterocycles. The van der Waals surface area contributed by atoms with Crippen molar-refractivity contribution in [2.75, 3.05) is 13.7 Å². The van der Waals surface area contributed by atoms with Crippen molar-refractivity contribution in [2.24, 2.45) is 0 Å². The first-order valence-corrected chi connectivity index (χ1v) is 6.49. The van der Waals surface area contributed by atoms with Crippen LogP contribution in [0.25, 0.3) is 0 Å². The molecule has 4 nitrogen and oxygen atoms in total. The van der Waals surface area contributed by atoms with E-state index in [1.54, 1.807) is 18.2 Å². The highest BCUT2D eigenvalue weighted by atomic mass is 16.5. The third-order valence-corrected chi connectivity index (χ3v) is 2.89. The Bertz CT molecular complexity index is 659. The van der Waals surface area contributed by atoms with Gasteiger partial charge in [0.1, 0.15) is 18.1 Å². The van der Waals surface area contributed by atoms with Crippen LogP contribution in [0.4, 0.5) is 0 Å². The minimum atomic E-state index is -0.0348. The van der Waals surface area contributed by atoms with E-state index >= 15 is 0 Å². The highest BCUT2D eigenvalue weighted by Crippen LogP contribution is 2.22. The fraction of sp³-hybridized carbons (Fsp3) is 0.176. The predicted molar refractivity (Wildman–Crippen MR) is 78.4 cm³/mol. The molecule has 21 heavy (non-hydrogen) atoms. The zero-order valence-electron chi connectivity index (χ0n) is 11.7. The molecule has 0 aliphatic carbocycles. The molecule has 0 unspecified atom stereocenters. The number of carbonyl (C=O) groups excluding carboxylic acids is 1. The van der Waals surface area contributed by atoms with Gasteiger partial charge in [-0.3, -0.25) is 4.79 Å². The molecule has 106 valence electrons. The molecule has 2 rings (SSSR count). The van der Waals surface area contributed by atoms with Gasteiger partial charge in [0, 0.05) is 12.5 Å². The van der Waals surface area contributed by atoms with Gasteiger partial charge in [-0.15, -0.1) is 0 Å². The number of nitrogens with zero attached hydrogens (tertiary/aromatic N) is 1. The molecule has 0 aliphatic heterocycles. The Balaban J connectivity index is 1.96. The summed E-state index contributed by atoms with van der Waals surface area (Å²) < 4.78 is 10.5. The normalized spacial score (nSPS) is 9.71. The summed E-state index contributed by atoms with van der Waals surface area (Å²) in [5, 5.41) is 8.93. The van der Waals surface area contributed by atoms with Crippen molar-refractivity contribution in [3.8, 4) is 17.6 Å². The predicted octanol–water partition coefficient (Wildman–Crippen LogP) is 2.76. The van der Waals surface area contributed by atoms with Crippen LogP contribution in [0.1, 0.15) is 11.1 Å². The lowest BCUT2D eigenvalue weighted by atomic mass is 10.1. The topological polar surface area (TPSA) is 59.3 Å². The molecular formula is C17H15NO3. The third kappa shape index (κ3) is 4.36. The van der Waals surface area contributed by atoms with Crippen molar-refractivity contribution in [1.29, 1.82) is 5.26 Å². The average Bonchev–Trinajstić information content (AvgIpc) is 2.53. The molecule has 0 amide bonds. The van der Waals surface area contributed by atoms with Gasteiger partial charge in [0.25, 0.3) is 0 Å². The second-order valence-corrected chi connectivity index (χ2v) is 4.50. The van der Waals surface area contributed by atoms with Gasteiger partial charge in [-0.25, -0.2) is 0 Å². The molecule has 0 fully saturated rings. The largest absolute Gasteiger partial charge is 0.497 e. The number of hydrogen-bond acceptors (Lipinski definition) is 4. The Morgan fingerprint density at radius 2 is 1.86 bits per heavy atom. The van der Waals surface area contributed by atoms with E-state index in [1.807, 2.05) is 36.4 Å². The van der Waals surface area contributed by atoms with E-state index in [9.17, 15) is 4.79 Å². The Labute approximate surface area is 123 Å². The summed E-state index contributed by atoms with van der Waals surface area (Å²) in [7, 11) is 1.51. The Morgan fingerprint density at radius 3 is 2.52 bits per heavy atom. The molecule has 0 saturated carbocycles. The van der Waals surface area contributed by atoms with Crippen LogP contribution in [0.3, 0.4) is 0 Å². The average molecular weight is 281 g/mol. The molecule has 4 heteroatoms. The van der Waals surface area contributed by atoms with Gasteiger partial charge < -0.3 is 9.47 Å². The molecule has 0 aliphatic rings. The quantitative estimate of drug-likeness (QED) is 0.817. The van der Waals surface area contributed by atoms with Gasteiger partial charge in [0.2, 0.25) is 0 Å². The number of ether oxygens (including phenoxy) is 2. The van der Waals surface area contributed by atoms with E-state index in [2.05, 4.69) is 0 Å². The van der Waals surface area contributed by atoms with E-state index in [0.717, 1.165) is 5.56 Å². The molecule has 0 bridgehead atoms. The van der Waals surface area contributed by atoms with Gasteiger partial charge in [0.15, 0.2) is 5.78 Å². The number of ketones is 1. The van der Waals surface area contributed by atoms with Crippen molar-refractivity contribution in [1.82, 2.24) is 0 Å². The number of carbonyl (C=O) groups is 1. The molecule has 2 aromatic rings. The number of Topliss-reactive ketones (excluding diaryl/α,β-unsaturated/α-hetero) is 1. The minimum absolute atomic E-state index is 0.0254. The standard InChI is InChI=1S/C17H15NO3/c1-20-16-8-14(11-18)9-17(10-16)21-12-15(19)7-13-5-3-2-4-6-13/h2-6,8-10H,7,12H2,1H3. The van der Waals surface area contributed by atoms with Crippen molar-refractivity contribution in [2.45, 2.75) is 6.42 Å². The molecule has 0 heterocycles. The van der Waals surface area contributed by atoms with Crippen molar-refractivity contribution >= 4 is 5.78 Å². The zero-order valence-corrected chi connectivity index (χ0v) is 11.7. The van der Waals surface area contributed by atoms with Crippen LogP contribution in [0.15, 0.2) is 48.5 Å². The molecule has 0 atom stereocenters. The molecule has 0 radical (unpaired) electrons. The smallest absolute Gasteiger partial charge is 0.174 e. The Morgan fingerprint density at radius 1 is 1.14 bits per heavy atom. The first kappa shape index (κ1) is 14.6.